The molecule has 0 amide bonds. The third-order valence-corrected chi connectivity index (χ3v) is 3.50. The maximum absolute atomic E-state index is 9.36. The lowest BCUT2D eigenvalue weighted by atomic mass is 9.91. The molecule has 0 aliphatic carbocycles. The SMILES string of the molecule is CC(C)(C)c1cc(CO)cc(OCC2CCCCO2)n1. The fourth-order valence-electron chi connectivity index (χ4n) is 2.23. The van der Waals surface area contributed by atoms with Crippen molar-refractivity contribution in [1.82, 2.24) is 4.98 Å². The molecular weight excluding hydrogens is 254 g/mol. The van der Waals surface area contributed by atoms with Gasteiger partial charge in [-0.1, -0.05) is 20.8 Å². The molecule has 2 rings (SSSR count). The van der Waals surface area contributed by atoms with Crippen LogP contribution in [0.4, 0.5) is 0 Å². The van der Waals surface area contributed by atoms with Crippen molar-refractivity contribution >= 4 is 0 Å². The molecule has 1 aliphatic heterocycles. The van der Waals surface area contributed by atoms with Crippen molar-refractivity contribution in [3.05, 3.63) is 23.4 Å². The van der Waals surface area contributed by atoms with Crippen LogP contribution in [0.3, 0.4) is 0 Å². The molecule has 2 heterocycles. The summed E-state index contributed by atoms with van der Waals surface area (Å²) in [5, 5.41) is 9.36. The lowest BCUT2D eigenvalue weighted by molar-refractivity contribution is -0.0120. The molecule has 0 radical (unpaired) electrons. The minimum absolute atomic E-state index is 0.00187. The number of aliphatic hydroxyl groups excluding tert-OH is 1. The van der Waals surface area contributed by atoms with Crippen LogP contribution < -0.4 is 4.74 Å². The third-order valence-electron chi connectivity index (χ3n) is 3.50. The van der Waals surface area contributed by atoms with E-state index in [0.717, 1.165) is 30.7 Å². The largest absolute Gasteiger partial charge is 0.475 e. The second kappa shape index (κ2) is 6.55. The Morgan fingerprint density at radius 2 is 2.15 bits per heavy atom. The van der Waals surface area contributed by atoms with Gasteiger partial charge in [0.25, 0.3) is 0 Å². The average molecular weight is 279 g/mol. The lowest BCUT2D eigenvalue weighted by Crippen LogP contribution is -2.26. The van der Waals surface area contributed by atoms with Gasteiger partial charge in [-0.2, -0.15) is 0 Å². The van der Waals surface area contributed by atoms with Gasteiger partial charge in [-0.3, -0.25) is 0 Å². The quantitative estimate of drug-likeness (QED) is 0.920. The fourth-order valence-corrected chi connectivity index (χ4v) is 2.23. The van der Waals surface area contributed by atoms with E-state index in [9.17, 15) is 5.11 Å². The van der Waals surface area contributed by atoms with Crippen LogP contribution >= 0.6 is 0 Å². The van der Waals surface area contributed by atoms with Gasteiger partial charge in [0.05, 0.1) is 18.4 Å². The van der Waals surface area contributed by atoms with Crippen molar-refractivity contribution in [3.63, 3.8) is 0 Å². The van der Waals surface area contributed by atoms with Crippen LogP contribution in [0.15, 0.2) is 12.1 Å². The molecule has 1 aliphatic rings. The summed E-state index contributed by atoms with van der Waals surface area (Å²) in [6.07, 6.45) is 3.56. The zero-order valence-electron chi connectivity index (χ0n) is 12.7. The Morgan fingerprint density at radius 3 is 2.75 bits per heavy atom. The standard InChI is InChI=1S/C16H25NO3/c1-16(2,3)14-8-12(10-18)9-15(17-14)20-11-13-6-4-5-7-19-13/h8-9,13,18H,4-7,10-11H2,1-3H3. The molecule has 1 aromatic rings. The number of aromatic nitrogens is 1. The third kappa shape index (κ3) is 4.18. The van der Waals surface area contributed by atoms with E-state index < -0.39 is 0 Å². The number of nitrogens with zero attached hydrogens (tertiary/aromatic N) is 1. The van der Waals surface area contributed by atoms with Gasteiger partial charge < -0.3 is 14.6 Å². The normalized spacial score (nSPS) is 19.9. The molecule has 1 fully saturated rings. The molecule has 1 atom stereocenters. The minimum atomic E-state index is -0.0649. The molecule has 4 heteroatoms. The van der Waals surface area contributed by atoms with Crippen molar-refractivity contribution in [1.29, 1.82) is 0 Å². The summed E-state index contributed by atoms with van der Waals surface area (Å²) in [5.74, 6) is 0.579. The van der Waals surface area contributed by atoms with Crippen LogP contribution in [-0.4, -0.2) is 29.4 Å². The second-order valence-electron chi connectivity index (χ2n) is 6.41. The predicted molar refractivity (Wildman–Crippen MR) is 77.9 cm³/mol. The lowest BCUT2D eigenvalue weighted by Gasteiger charge is -2.23. The van der Waals surface area contributed by atoms with Gasteiger partial charge in [-0.05, 0) is 30.9 Å². The Labute approximate surface area is 121 Å². The van der Waals surface area contributed by atoms with Crippen LogP contribution in [0, 0.1) is 0 Å². The van der Waals surface area contributed by atoms with Crippen LogP contribution in [0.25, 0.3) is 0 Å². The van der Waals surface area contributed by atoms with E-state index in [1.807, 2.05) is 6.07 Å². The Kier molecular flexibility index (Phi) is 5.00. The number of ether oxygens (including phenoxy) is 2. The van der Waals surface area contributed by atoms with E-state index in [0.29, 0.717) is 12.5 Å². The maximum Gasteiger partial charge on any atom is 0.213 e. The first-order chi connectivity index (χ1) is 9.49. The fraction of sp³-hybridized carbons (Fsp3) is 0.688. The summed E-state index contributed by atoms with van der Waals surface area (Å²) in [6.45, 7) is 7.66. The second-order valence-corrected chi connectivity index (χ2v) is 6.41. The summed E-state index contributed by atoms with van der Waals surface area (Å²) in [4.78, 5) is 4.55. The Morgan fingerprint density at radius 1 is 1.35 bits per heavy atom. The van der Waals surface area contributed by atoms with E-state index >= 15 is 0 Å². The molecule has 1 unspecified atom stereocenters. The number of hydrogen-bond acceptors (Lipinski definition) is 4. The monoisotopic (exact) mass is 279 g/mol. The first kappa shape index (κ1) is 15.3. The van der Waals surface area contributed by atoms with E-state index in [-0.39, 0.29) is 18.1 Å². The molecule has 0 saturated carbocycles. The Balaban J connectivity index is 2.06. The van der Waals surface area contributed by atoms with Crippen molar-refractivity contribution in [3.8, 4) is 5.88 Å². The predicted octanol–water partition coefficient (Wildman–Crippen LogP) is 2.82. The van der Waals surface area contributed by atoms with Gasteiger partial charge >= 0.3 is 0 Å². The summed E-state index contributed by atoms with van der Waals surface area (Å²) >= 11 is 0. The Hall–Kier alpha value is -1.13. The van der Waals surface area contributed by atoms with E-state index in [1.54, 1.807) is 6.07 Å². The number of hydrogen-bond donors (Lipinski definition) is 1. The highest BCUT2D eigenvalue weighted by Gasteiger charge is 2.19. The van der Waals surface area contributed by atoms with Crippen LogP contribution in [0.5, 0.6) is 5.88 Å². The molecule has 112 valence electrons. The van der Waals surface area contributed by atoms with Crippen LogP contribution in [-0.2, 0) is 16.8 Å². The van der Waals surface area contributed by atoms with Gasteiger partial charge in [0.15, 0.2) is 0 Å². The molecule has 0 spiro atoms. The topological polar surface area (TPSA) is 51.6 Å². The van der Waals surface area contributed by atoms with Crippen molar-refractivity contribution in [2.24, 2.45) is 0 Å². The summed E-state index contributed by atoms with van der Waals surface area (Å²) in [7, 11) is 0. The highest BCUT2D eigenvalue weighted by molar-refractivity contribution is 5.28. The molecule has 1 saturated heterocycles. The zero-order chi connectivity index (χ0) is 14.6. The zero-order valence-corrected chi connectivity index (χ0v) is 12.7. The van der Waals surface area contributed by atoms with E-state index in [1.165, 1.54) is 6.42 Å². The summed E-state index contributed by atoms with van der Waals surface area (Å²) < 4.78 is 11.4. The summed E-state index contributed by atoms with van der Waals surface area (Å²) in [5.41, 5.74) is 1.71. The van der Waals surface area contributed by atoms with Gasteiger partial charge in [-0.25, -0.2) is 4.98 Å². The summed E-state index contributed by atoms with van der Waals surface area (Å²) in [6, 6.07) is 3.74. The molecule has 1 N–H and O–H groups in total. The van der Waals surface area contributed by atoms with E-state index in [4.69, 9.17) is 9.47 Å². The van der Waals surface area contributed by atoms with Gasteiger partial charge in [0.2, 0.25) is 5.88 Å². The number of rotatable bonds is 4. The van der Waals surface area contributed by atoms with Crippen molar-refractivity contribution < 1.29 is 14.6 Å². The van der Waals surface area contributed by atoms with Gasteiger partial charge in [0, 0.05) is 18.1 Å². The Bertz CT molecular complexity index is 434. The molecule has 0 bridgehead atoms. The van der Waals surface area contributed by atoms with Gasteiger partial charge in [0.1, 0.15) is 6.61 Å². The first-order valence-corrected chi connectivity index (χ1v) is 7.36. The van der Waals surface area contributed by atoms with Gasteiger partial charge in [-0.15, -0.1) is 0 Å². The van der Waals surface area contributed by atoms with Crippen LogP contribution in [0.1, 0.15) is 51.3 Å². The number of aliphatic hydroxyl groups is 1. The molecular formula is C16H25NO3. The molecule has 1 aromatic heterocycles. The highest BCUT2D eigenvalue weighted by atomic mass is 16.5. The van der Waals surface area contributed by atoms with Crippen molar-refractivity contribution in [2.45, 2.75) is 58.2 Å². The minimum Gasteiger partial charge on any atom is -0.475 e. The first-order valence-electron chi connectivity index (χ1n) is 7.36. The van der Waals surface area contributed by atoms with E-state index in [2.05, 4.69) is 25.8 Å². The van der Waals surface area contributed by atoms with Crippen LogP contribution in [0.2, 0.25) is 0 Å². The smallest absolute Gasteiger partial charge is 0.213 e. The molecule has 0 aromatic carbocycles. The molecule has 4 nitrogen and oxygen atoms in total. The number of pyridine rings is 1. The maximum atomic E-state index is 9.36. The highest BCUT2D eigenvalue weighted by Crippen LogP contribution is 2.24. The van der Waals surface area contributed by atoms with Crippen molar-refractivity contribution in [2.75, 3.05) is 13.2 Å². The molecule has 20 heavy (non-hydrogen) atoms. The average Bonchev–Trinajstić information content (AvgIpc) is 2.45.